The van der Waals surface area contributed by atoms with Gasteiger partial charge >= 0.3 is 5.97 Å². The number of aromatic amines is 1. The third-order valence-corrected chi connectivity index (χ3v) is 5.90. The lowest BCUT2D eigenvalue weighted by molar-refractivity contribution is 0.0663. The maximum Gasteiger partial charge on any atom is 0.371 e. The molecular formula is C25H20N4O6. The summed E-state index contributed by atoms with van der Waals surface area (Å²) in [6, 6.07) is 12.7. The Hall–Kier alpha value is -4.73. The number of aromatic nitrogens is 2. The zero-order valence-electron chi connectivity index (χ0n) is 18.6. The molecule has 0 spiro atoms. The molecule has 0 amide bonds. The Bertz CT molecular complexity index is 1570. The largest absolute Gasteiger partial charge is 0.505 e. The second-order valence-electron chi connectivity index (χ2n) is 8.19. The number of H-pyrrole nitrogens is 1. The van der Waals surface area contributed by atoms with E-state index in [0.29, 0.717) is 23.4 Å². The van der Waals surface area contributed by atoms with Crippen LogP contribution in [0.3, 0.4) is 0 Å². The molecule has 0 unspecified atom stereocenters. The number of furan rings is 1. The minimum Gasteiger partial charge on any atom is -0.505 e. The molecule has 0 aliphatic heterocycles. The smallest absolute Gasteiger partial charge is 0.371 e. The van der Waals surface area contributed by atoms with Gasteiger partial charge in [-0.1, -0.05) is 12.1 Å². The summed E-state index contributed by atoms with van der Waals surface area (Å²) in [6.45, 7) is 1.67. The fourth-order valence-electron chi connectivity index (χ4n) is 4.10. The van der Waals surface area contributed by atoms with Crippen molar-refractivity contribution in [3.8, 4) is 22.8 Å². The predicted molar refractivity (Wildman–Crippen MR) is 125 cm³/mol. The van der Waals surface area contributed by atoms with Crippen LogP contribution in [0.15, 0.2) is 68.0 Å². The monoisotopic (exact) mass is 472 g/mol. The standard InChI is InChI=1S/C25H20N4O6/c1-13-22(24(32)29(28-13)15-9-8-14-4-2-7-19(30)17(14)12-15)27-26-18-6-3-5-16(23(18)31)20-10-11-21(35-20)25(33)34/h3,5-6,8-12,28,31H,2,4,7H2,1H3,(H,33,34). The number of nitrogens with zero attached hydrogens (tertiary/aromatic N) is 3. The zero-order chi connectivity index (χ0) is 24.7. The zero-order valence-corrected chi connectivity index (χ0v) is 18.6. The summed E-state index contributed by atoms with van der Waals surface area (Å²) < 4.78 is 6.56. The quantitative estimate of drug-likeness (QED) is 0.345. The molecule has 1 aliphatic carbocycles. The van der Waals surface area contributed by atoms with Crippen LogP contribution < -0.4 is 5.56 Å². The number of nitrogens with one attached hydrogen (secondary N) is 1. The van der Waals surface area contributed by atoms with Gasteiger partial charge in [0.15, 0.2) is 17.2 Å². The predicted octanol–water partition coefficient (Wildman–Crippen LogP) is 5.07. The first kappa shape index (κ1) is 22.1. The van der Waals surface area contributed by atoms with E-state index in [1.165, 1.54) is 22.9 Å². The number of aryl methyl sites for hydroxylation is 2. The van der Waals surface area contributed by atoms with Crippen LogP contribution in [-0.2, 0) is 6.42 Å². The van der Waals surface area contributed by atoms with Gasteiger partial charge < -0.3 is 14.6 Å². The number of rotatable bonds is 5. The van der Waals surface area contributed by atoms with Gasteiger partial charge in [-0.05, 0) is 61.7 Å². The molecule has 0 saturated carbocycles. The van der Waals surface area contributed by atoms with Crippen LogP contribution >= 0.6 is 0 Å². The van der Waals surface area contributed by atoms with E-state index in [-0.39, 0.29) is 40.0 Å². The van der Waals surface area contributed by atoms with Crippen molar-refractivity contribution in [1.29, 1.82) is 0 Å². The molecule has 1 aliphatic rings. The Morgan fingerprint density at radius 1 is 1.06 bits per heavy atom. The molecule has 2 aromatic heterocycles. The molecule has 5 rings (SSSR count). The number of phenols is 1. The molecule has 176 valence electrons. The van der Waals surface area contributed by atoms with Gasteiger partial charge in [-0.25, -0.2) is 9.48 Å². The fraction of sp³-hybridized carbons (Fsp3) is 0.160. The average Bonchev–Trinajstić information content (AvgIpc) is 3.44. The van der Waals surface area contributed by atoms with Crippen molar-refractivity contribution in [2.24, 2.45) is 10.2 Å². The highest BCUT2D eigenvalue weighted by atomic mass is 16.4. The fourth-order valence-corrected chi connectivity index (χ4v) is 4.10. The molecule has 0 bridgehead atoms. The topological polar surface area (TPSA) is 150 Å². The van der Waals surface area contributed by atoms with Crippen LogP contribution in [0.4, 0.5) is 11.4 Å². The Morgan fingerprint density at radius 2 is 1.89 bits per heavy atom. The van der Waals surface area contributed by atoms with Crippen LogP contribution in [0.25, 0.3) is 17.0 Å². The van der Waals surface area contributed by atoms with Gasteiger partial charge in [0.05, 0.1) is 16.9 Å². The molecule has 2 aromatic carbocycles. The Morgan fingerprint density at radius 3 is 2.66 bits per heavy atom. The van der Waals surface area contributed by atoms with Crippen LogP contribution in [-0.4, -0.2) is 31.7 Å². The SMILES string of the molecule is Cc1[nH]n(-c2ccc3c(c2)C(=O)CCC3)c(=O)c1N=Nc1cccc(-c2ccc(C(=O)O)o2)c1O. The number of para-hydroxylation sites is 1. The van der Waals surface area contributed by atoms with Crippen LogP contribution in [0, 0.1) is 6.92 Å². The van der Waals surface area contributed by atoms with Gasteiger partial charge in [-0.2, -0.15) is 0 Å². The number of carbonyl (C=O) groups is 2. The van der Waals surface area contributed by atoms with E-state index in [4.69, 9.17) is 9.52 Å². The number of carbonyl (C=O) groups excluding carboxylic acids is 1. The van der Waals surface area contributed by atoms with Gasteiger partial charge in [0.1, 0.15) is 11.4 Å². The first-order valence-electron chi connectivity index (χ1n) is 10.9. The summed E-state index contributed by atoms with van der Waals surface area (Å²) in [6.07, 6.45) is 2.15. The normalized spacial score (nSPS) is 13.3. The minimum absolute atomic E-state index is 0.0463. The van der Waals surface area contributed by atoms with E-state index in [0.717, 1.165) is 18.4 Å². The molecule has 0 saturated heterocycles. The number of carboxylic acid groups (broad SMARTS) is 1. The lowest BCUT2D eigenvalue weighted by Crippen LogP contribution is -2.17. The number of hydrogen-bond donors (Lipinski definition) is 3. The van der Waals surface area contributed by atoms with Gasteiger partial charge in [0.2, 0.25) is 5.76 Å². The maximum absolute atomic E-state index is 13.1. The van der Waals surface area contributed by atoms with Gasteiger partial charge in [-0.15, -0.1) is 10.2 Å². The van der Waals surface area contributed by atoms with Crippen molar-refractivity contribution >= 4 is 23.1 Å². The van der Waals surface area contributed by atoms with Crippen molar-refractivity contribution in [2.45, 2.75) is 26.2 Å². The second-order valence-corrected chi connectivity index (χ2v) is 8.19. The highest BCUT2D eigenvalue weighted by Crippen LogP contribution is 2.38. The summed E-state index contributed by atoms with van der Waals surface area (Å²) in [7, 11) is 0. The van der Waals surface area contributed by atoms with Crippen LogP contribution in [0.2, 0.25) is 0 Å². The first-order valence-corrected chi connectivity index (χ1v) is 10.9. The van der Waals surface area contributed by atoms with Crippen molar-refractivity contribution in [2.75, 3.05) is 0 Å². The lowest BCUT2D eigenvalue weighted by Gasteiger charge is -2.15. The number of carboxylic acids is 1. The molecule has 2 heterocycles. The number of fused-ring (bicyclic) bond motifs is 1. The molecule has 3 N–H and O–H groups in total. The minimum atomic E-state index is -1.23. The molecule has 35 heavy (non-hydrogen) atoms. The van der Waals surface area contributed by atoms with Gasteiger partial charge in [-0.3, -0.25) is 14.7 Å². The Labute approximate surface area is 198 Å². The molecular weight excluding hydrogens is 452 g/mol. The molecule has 4 aromatic rings. The summed E-state index contributed by atoms with van der Waals surface area (Å²) in [5.74, 6) is -1.55. The lowest BCUT2D eigenvalue weighted by atomic mass is 9.90. The number of hydrogen-bond acceptors (Lipinski definition) is 7. The van der Waals surface area contributed by atoms with E-state index in [1.807, 2.05) is 6.07 Å². The third-order valence-electron chi connectivity index (χ3n) is 5.90. The van der Waals surface area contributed by atoms with Crippen molar-refractivity contribution in [3.63, 3.8) is 0 Å². The molecule has 0 fully saturated rings. The number of phenolic OH excluding ortho intramolecular Hbond substituents is 1. The number of aromatic carboxylic acids is 1. The van der Waals surface area contributed by atoms with Gasteiger partial charge in [0.25, 0.3) is 5.56 Å². The van der Waals surface area contributed by atoms with Crippen LogP contribution in [0.1, 0.15) is 45.0 Å². The second kappa shape index (κ2) is 8.56. The first-order chi connectivity index (χ1) is 16.8. The highest BCUT2D eigenvalue weighted by Gasteiger charge is 2.20. The molecule has 10 nitrogen and oxygen atoms in total. The highest BCUT2D eigenvalue weighted by molar-refractivity contribution is 5.99. The average molecular weight is 472 g/mol. The Balaban J connectivity index is 1.48. The molecule has 10 heteroatoms. The molecule has 0 atom stereocenters. The number of ketones is 1. The maximum atomic E-state index is 13.1. The van der Waals surface area contributed by atoms with E-state index in [2.05, 4.69) is 15.3 Å². The van der Waals surface area contributed by atoms with Crippen molar-refractivity contribution in [3.05, 3.63) is 81.5 Å². The van der Waals surface area contributed by atoms with Gasteiger partial charge in [0, 0.05) is 12.0 Å². The number of aromatic hydroxyl groups is 1. The van der Waals surface area contributed by atoms with E-state index in [1.54, 1.807) is 31.2 Å². The van der Waals surface area contributed by atoms with E-state index in [9.17, 15) is 19.5 Å². The van der Waals surface area contributed by atoms with Crippen LogP contribution in [0.5, 0.6) is 5.75 Å². The van der Waals surface area contributed by atoms with Crippen molar-refractivity contribution in [1.82, 2.24) is 9.78 Å². The summed E-state index contributed by atoms with van der Waals surface area (Å²) in [4.78, 5) is 36.4. The number of Topliss-reactive ketones (excluding diaryl/α,β-unsaturated/α-hetero) is 1. The summed E-state index contributed by atoms with van der Waals surface area (Å²) >= 11 is 0. The number of benzene rings is 2. The van der Waals surface area contributed by atoms with Crippen molar-refractivity contribution < 1.29 is 24.2 Å². The molecule has 0 radical (unpaired) electrons. The number of azo groups is 1. The van der Waals surface area contributed by atoms with E-state index < -0.39 is 11.5 Å². The summed E-state index contributed by atoms with van der Waals surface area (Å²) in [5, 5.41) is 30.8. The van der Waals surface area contributed by atoms with E-state index >= 15 is 0 Å². The third kappa shape index (κ3) is 3.95. The summed E-state index contributed by atoms with van der Waals surface area (Å²) in [5.41, 5.74) is 2.47. The Kier molecular flexibility index (Phi) is 5.40.